The smallest absolute Gasteiger partial charge is 0.256 e. The molecule has 2 aromatic carbocycles. The number of hydrogen-bond donors (Lipinski definition) is 3. The van der Waals surface area contributed by atoms with Gasteiger partial charge in [-0.25, -0.2) is 0 Å². The average molecular weight is 318 g/mol. The van der Waals surface area contributed by atoms with Crippen molar-refractivity contribution in [1.29, 1.82) is 0 Å². The summed E-state index contributed by atoms with van der Waals surface area (Å²) in [6.07, 6.45) is 3.75. The number of H-pyrrole nitrogens is 1. The van der Waals surface area contributed by atoms with Crippen molar-refractivity contribution < 1.29 is 9.59 Å². The SMILES string of the molecule is O=C1Cc2c(cccc2C(=O)Nc2cccc(-c3cn[nH]c3)c2)N1. The Balaban J connectivity index is 1.61. The number of nitrogens with zero attached hydrogens (tertiary/aromatic N) is 1. The Labute approximate surface area is 137 Å². The van der Waals surface area contributed by atoms with Gasteiger partial charge in [0.1, 0.15) is 0 Å². The fraction of sp³-hybridized carbons (Fsp3) is 0.0556. The summed E-state index contributed by atoms with van der Waals surface area (Å²) in [5.74, 6) is -0.320. The van der Waals surface area contributed by atoms with Gasteiger partial charge in [0, 0.05) is 28.7 Å². The van der Waals surface area contributed by atoms with E-state index in [2.05, 4.69) is 20.8 Å². The molecule has 0 radical (unpaired) electrons. The topological polar surface area (TPSA) is 86.9 Å². The monoisotopic (exact) mass is 318 g/mol. The van der Waals surface area contributed by atoms with E-state index in [1.54, 1.807) is 30.6 Å². The normalized spacial score (nSPS) is 12.6. The lowest BCUT2D eigenvalue weighted by Gasteiger charge is -2.09. The highest BCUT2D eigenvalue weighted by atomic mass is 16.2. The summed E-state index contributed by atoms with van der Waals surface area (Å²) in [7, 11) is 0. The van der Waals surface area contributed by atoms with E-state index in [9.17, 15) is 9.59 Å². The number of benzene rings is 2. The lowest BCUT2D eigenvalue weighted by Crippen LogP contribution is -2.14. The van der Waals surface area contributed by atoms with Crippen LogP contribution >= 0.6 is 0 Å². The first-order chi connectivity index (χ1) is 11.7. The molecular weight excluding hydrogens is 304 g/mol. The van der Waals surface area contributed by atoms with Gasteiger partial charge in [-0.1, -0.05) is 18.2 Å². The zero-order valence-corrected chi connectivity index (χ0v) is 12.7. The fourth-order valence-corrected chi connectivity index (χ4v) is 2.85. The van der Waals surface area contributed by atoms with Crippen LogP contribution in [0.25, 0.3) is 11.1 Å². The molecule has 0 bridgehead atoms. The molecule has 0 unspecified atom stereocenters. The maximum Gasteiger partial charge on any atom is 0.256 e. The maximum absolute atomic E-state index is 12.6. The number of amides is 2. The number of aromatic amines is 1. The van der Waals surface area contributed by atoms with Crippen LogP contribution in [0.2, 0.25) is 0 Å². The minimum Gasteiger partial charge on any atom is -0.326 e. The molecule has 6 heteroatoms. The molecule has 0 spiro atoms. The van der Waals surface area contributed by atoms with Crippen LogP contribution in [-0.2, 0) is 11.2 Å². The molecule has 3 N–H and O–H groups in total. The van der Waals surface area contributed by atoms with Gasteiger partial charge in [0.2, 0.25) is 5.91 Å². The van der Waals surface area contributed by atoms with E-state index >= 15 is 0 Å². The van der Waals surface area contributed by atoms with Crippen molar-refractivity contribution in [3.8, 4) is 11.1 Å². The van der Waals surface area contributed by atoms with Gasteiger partial charge in [0.15, 0.2) is 0 Å². The van der Waals surface area contributed by atoms with Gasteiger partial charge < -0.3 is 10.6 Å². The number of rotatable bonds is 3. The summed E-state index contributed by atoms with van der Waals surface area (Å²) in [5, 5.41) is 12.4. The van der Waals surface area contributed by atoms with Crippen LogP contribution in [0.4, 0.5) is 11.4 Å². The molecule has 1 aromatic heterocycles. The highest BCUT2D eigenvalue weighted by molar-refractivity contribution is 6.10. The molecule has 6 nitrogen and oxygen atoms in total. The molecule has 3 aromatic rings. The molecule has 0 atom stereocenters. The molecule has 24 heavy (non-hydrogen) atoms. The maximum atomic E-state index is 12.6. The summed E-state index contributed by atoms with van der Waals surface area (Å²) in [6.45, 7) is 0. The van der Waals surface area contributed by atoms with Crippen LogP contribution in [0.5, 0.6) is 0 Å². The van der Waals surface area contributed by atoms with Crippen molar-refractivity contribution in [2.45, 2.75) is 6.42 Å². The predicted molar refractivity (Wildman–Crippen MR) is 90.8 cm³/mol. The summed E-state index contributed by atoms with van der Waals surface area (Å²) in [6, 6.07) is 12.8. The van der Waals surface area contributed by atoms with Gasteiger partial charge in [0.25, 0.3) is 5.91 Å². The largest absolute Gasteiger partial charge is 0.326 e. The van der Waals surface area contributed by atoms with Gasteiger partial charge in [-0.15, -0.1) is 0 Å². The van der Waals surface area contributed by atoms with Crippen LogP contribution in [-0.4, -0.2) is 22.0 Å². The number of anilines is 2. The first kappa shape index (κ1) is 14.2. The number of hydrogen-bond acceptors (Lipinski definition) is 3. The van der Waals surface area contributed by atoms with Crippen LogP contribution in [0.15, 0.2) is 54.9 Å². The highest BCUT2D eigenvalue weighted by Crippen LogP contribution is 2.27. The second-order valence-corrected chi connectivity index (χ2v) is 5.58. The van der Waals surface area contributed by atoms with Crippen LogP contribution in [0, 0.1) is 0 Å². The average Bonchev–Trinajstić information content (AvgIpc) is 3.23. The van der Waals surface area contributed by atoms with E-state index in [0.29, 0.717) is 16.9 Å². The predicted octanol–water partition coefficient (Wildman–Crippen LogP) is 2.82. The summed E-state index contributed by atoms with van der Waals surface area (Å²) in [4.78, 5) is 24.2. The van der Waals surface area contributed by atoms with Crippen molar-refractivity contribution in [2.24, 2.45) is 0 Å². The quantitative estimate of drug-likeness (QED) is 0.694. The molecule has 2 amide bonds. The lowest BCUT2D eigenvalue weighted by atomic mass is 10.0. The first-order valence-electron chi connectivity index (χ1n) is 7.53. The van der Waals surface area contributed by atoms with Crippen LogP contribution in [0.1, 0.15) is 15.9 Å². The van der Waals surface area contributed by atoms with Crippen molar-refractivity contribution in [1.82, 2.24) is 10.2 Å². The highest BCUT2D eigenvalue weighted by Gasteiger charge is 2.23. The van der Waals surface area contributed by atoms with Crippen molar-refractivity contribution >= 4 is 23.2 Å². The Hall–Kier alpha value is -3.41. The Bertz CT molecular complexity index is 932. The second-order valence-electron chi connectivity index (χ2n) is 5.58. The molecule has 4 rings (SSSR count). The summed E-state index contributed by atoms with van der Waals surface area (Å²) >= 11 is 0. The fourth-order valence-electron chi connectivity index (χ4n) is 2.85. The second kappa shape index (κ2) is 5.66. The molecule has 0 saturated heterocycles. The van der Waals surface area contributed by atoms with E-state index in [4.69, 9.17) is 0 Å². The van der Waals surface area contributed by atoms with E-state index in [0.717, 1.165) is 16.7 Å². The number of carbonyl (C=O) groups is 2. The van der Waals surface area contributed by atoms with Crippen LogP contribution in [0.3, 0.4) is 0 Å². The number of aromatic nitrogens is 2. The molecule has 0 aliphatic carbocycles. The van der Waals surface area contributed by atoms with E-state index < -0.39 is 0 Å². The van der Waals surface area contributed by atoms with Crippen molar-refractivity contribution in [3.63, 3.8) is 0 Å². The molecule has 2 heterocycles. The molecule has 1 aliphatic rings. The lowest BCUT2D eigenvalue weighted by molar-refractivity contribution is -0.115. The standard InChI is InChI=1S/C18H14N4O2/c23-17-8-15-14(5-2-6-16(15)22-17)18(24)21-13-4-1-3-11(7-13)12-9-19-20-10-12/h1-7,9-10H,8H2,(H,19,20)(H,21,24)(H,22,23). The van der Waals surface area contributed by atoms with Gasteiger partial charge >= 0.3 is 0 Å². The zero-order valence-electron chi connectivity index (χ0n) is 12.7. The minimum atomic E-state index is -0.229. The number of carbonyl (C=O) groups excluding carboxylic acids is 2. The molecule has 0 fully saturated rings. The van der Waals surface area contributed by atoms with Gasteiger partial charge in [0.05, 0.1) is 12.6 Å². The molecule has 118 valence electrons. The third-order valence-electron chi connectivity index (χ3n) is 3.98. The minimum absolute atomic E-state index is 0.0906. The van der Waals surface area contributed by atoms with Crippen molar-refractivity contribution in [2.75, 3.05) is 10.6 Å². The van der Waals surface area contributed by atoms with Crippen molar-refractivity contribution in [3.05, 3.63) is 66.0 Å². The first-order valence-corrected chi connectivity index (χ1v) is 7.53. The number of nitrogens with one attached hydrogen (secondary N) is 3. The van der Waals surface area contributed by atoms with E-state index in [1.807, 2.05) is 24.3 Å². The van der Waals surface area contributed by atoms with Gasteiger partial charge in [-0.2, -0.15) is 5.10 Å². The Morgan fingerprint density at radius 2 is 2.00 bits per heavy atom. The van der Waals surface area contributed by atoms with E-state index in [-0.39, 0.29) is 18.2 Å². The van der Waals surface area contributed by atoms with E-state index in [1.165, 1.54) is 0 Å². The third-order valence-corrected chi connectivity index (χ3v) is 3.98. The number of fused-ring (bicyclic) bond motifs is 1. The molecule has 1 aliphatic heterocycles. The summed E-state index contributed by atoms with van der Waals surface area (Å²) < 4.78 is 0. The zero-order chi connectivity index (χ0) is 16.5. The Morgan fingerprint density at radius 1 is 1.12 bits per heavy atom. The third kappa shape index (κ3) is 2.54. The molecular formula is C18H14N4O2. The Kier molecular flexibility index (Phi) is 3.35. The summed E-state index contributed by atoms with van der Waals surface area (Å²) in [5.41, 5.74) is 4.55. The Morgan fingerprint density at radius 3 is 2.83 bits per heavy atom. The van der Waals surface area contributed by atoms with Gasteiger partial charge in [-0.05, 0) is 35.4 Å². The van der Waals surface area contributed by atoms with Gasteiger partial charge in [-0.3, -0.25) is 14.7 Å². The molecule has 0 saturated carbocycles. The van der Waals surface area contributed by atoms with Crippen LogP contribution < -0.4 is 10.6 Å².